The first-order valence-corrected chi connectivity index (χ1v) is 8.18. The van der Waals surface area contributed by atoms with E-state index in [4.69, 9.17) is 4.74 Å². The molecule has 2 aromatic carbocycles. The zero-order valence-electron chi connectivity index (χ0n) is 12.7. The lowest BCUT2D eigenvalue weighted by atomic mass is 10.1. The lowest BCUT2D eigenvalue weighted by molar-refractivity contribution is 0.415. The van der Waals surface area contributed by atoms with Crippen molar-refractivity contribution in [3.8, 4) is 5.75 Å². The summed E-state index contributed by atoms with van der Waals surface area (Å²) in [5.74, 6) is 0.733. The molecule has 22 heavy (non-hydrogen) atoms. The van der Waals surface area contributed by atoms with E-state index in [1.807, 2.05) is 19.1 Å². The van der Waals surface area contributed by atoms with E-state index in [0.29, 0.717) is 5.71 Å². The third-order valence-corrected chi connectivity index (χ3v) is 4.40. The van der Waals surface area contributed by atoms with Gasteiger partial charge in [0, 0.05) is 0 Å². The number of hydrogen-bond donors (Lipinski definition) is 1. The summed E-state index contributed by atoms with van der Waals surface area (Å²) in [5.41, 5.74) is 2.38. The van der Waals surface area contributed by atoms with Crippen molar-refractivity contribution in [3.63, 3.8) is 0 Å². The molecule has 0 spiro atoms. The number of benzene rings is 2. The molecular weight excluding hydrogens is 300 g/mol. The van der Waals surface area contributed by atoms with Crippen LogP contribution in [0.5, 0.6) is 5.75 Å². The van der Waals surface area contributed by atoms with Crippen LogP contribution in [0.1, 0.15) is 18.1 Å². The average Bonchev–Trinajstić information content (AvgIpc) is 2.53. The molecule has 1 N–H and O–H groups in total. The minimum atomic E-state index is -3.66. The highest BCUT2D eigenvalue weighted by atomic mass is 32.2. The fourth-order valence-corrected chi connectivity index (χ4v) is 2.65. The molecule has 0 aliphatic carbocycles. The Labute approximate surface area is 130 Å². The van der Waals surface area contributed by atoms with Gasteiger partial charge >= 0.3 is 0 Å². The van der Waals surface area contributed by atoms with Gasteiger partial charge in [-0.2, -0.15) is 18.4 Å². The highest BCUT2D eigenvalue weighted by Crippen LogP contribution is 2.13. The van der Waals surface area contributed by atoms with Crippen LogP contribution in [0, 0.1) is 6.92 Å². The molecule has 0 aromatic heterocycles. The quantitative estimate of drug-likeness (QED) is 0.681. The molecule has 0 amide bonds. The molecular formula is C16H18N2O3S. The van der Waals surface area contributed by atoms with E-state index >= 15 is 0 Å². The Bertz CT molecular complexity index is 764. The summed E-state index contributed by atoms with van der Waals surface area (Å²) in [7, 11) is -2.07. The van der Waals surface area contributed by atoms with Gasteiger partial charge in [0.2, 0.25) is 0 Å². The van der Waals surface area contributed by atoms with E-state index in [2.05, 4.69) is 9.93 Å². The smallest absolute Gasteiger partial charge is 0.276 e. The molecule has 0 saturated heterocycles. The Hall–Kier alpha value is -2.34. The average molecular weight is 318 g/mol. The van der Waals surface area contributed by atoms with Crippen LogP contribution < -0.4 is 9.57 Å². The fraction of sp³-hybridized carbons (Fsp3) is 0.188. The van der Waals surface area contributed by atoms with Crippen molar-refractivity contribution in [3.05, 3.63) is 59.7 Å². The fourth-order valence-electron chi connectivity index (χ4n) is 1.80. The van der Waals surface area contributed by atoms with E-state index in [1.54, 1.807) is 50.4 Å². The van der Waals surface area contributed by atoms with Crippen LogP contribution in [0.4, 0.5) is 0 Å². The number of hydrogen-bond acceptors (Lipinski definition) is 4. The van der Waals surface area contributed by atoms with Crippen molar-refractivity contribution in [1.82, 2.24) is 4.83 Å². The van der Waals surface area contributed by atoms with E-state index in [0.717, 1.165) is 16.9 Å². The van der Waals surface area contributed by atoms with Crippen molar-refractivity contribution in [2.75, 3.05) is 7.11 Å². The molecule has 0 heterocycles. The summed E-state index contributed by atoms with van der Waals surface area (Å²) in [6.45, 7) is 3.63. The molecule has 116 valence electrons. The van der Waals surface area contributed by atoms with Crippen molar-refractivity contribution in [2.45, 2.75) is 18.7 Å². The second kappa shape index (κ2) is 6.62. The van der Waals surface area contributed by atoms with Gasteiger partial charge in [0.1, 0.15) is 5.75 Å². The summed E-state index contributed by atoms with van der Waals surface area (Å²) < 4.78 is 29.4. The Balaban J connectivity index is 2.16. The second-order valence-corrected chi connectivity index (χ2v) is 6.49. The van der Waals surface area contributed by atoms with E-state index in [1.165, 1.54) is 0 Å². The molecule has 0 atom stereocenters. The lowest BCUT2D eigenvalue weighted by Crippen LogP contribution is -2.19. The first-order chi connectivity index (χ1) is 10.4. The summed E-state index contributed by atoms with van der Waals surface area (Å²) in [5, 5.41) is 3.96. The van der Waals surface area contributed by atoms with Gasteiger partial charge in [-0.1, -0.05) is 17.7 Å². The summed E-state index contributed by atoms with van der Waals surface area (Å²) in [6, 6.07) is 13.8. The second-order valence-electron chi connectivity index (χ2n) is 4.83. The molecule has 0 aliphatic rings. The molecule has 0 saturated carbocycles. The molecule has 0 bridgehead atoms. The number of methoxy groups -OCH3 is 1. The summed E-state index contributed by atoms with van der Waals surface area (Å²) in [4.78, 5) is 2.44. The van der Waals surface area contributed by atoms with Gasteiger partial charge < -0.3 is 4.74 Å². The largest absolute Gasteiger partial charge is 0.497 e. The summed E-state index contributed by atoms with van der Waals surface area (Å²) in [6.07, 6.45) is 0. The van der Waals surface area contributed by atoms with Gasteiger partial charge in [0.25, 0.3) is 10.0 Å². The van der Waals surface area contributed by atoms with Crippen molar-refractivity contribution >= 4 is 15.7 Å². The molecule has 2 rings (SSSR count). The monoisotopic (exact) mass is 318 g/mol. The maximum absolute atomic E-state index is 12.1. The maximum Gasteiger partial charge on any atom is 0.276 e. The van der Waals surface area contributed by atoms with Gasteiger partial charge in [-0.3, -0.25) is 0 Å². The zero-order valence-corrected chi connectivity index (χ0v) is 13.5. The minimum Gasteiger partial charge on any atom is -0.497 e. The van der Waals surface area contributed by atoms with Crippen LogP contribution in [0.3, 0.4) is 0 Å². The van der Waals surface area contributed by atoms with Gasteiger partial charge in [0.05, 0.1) is 17.7 Å². The van der Waals surface area contributed by atoms with Crippen LogP contribution in [0.15, 0.2) is 58.5 Å². The normalized spacial score (nSPS) is 12.0. The van der Waals surface area contributed by atoms with E-state index in [-0.39, 0.29) is 4.90 Å². The molecule has 0 fully saturated rings. The summed E-state index contributed by atoms with van der Waals surface area (Å²) >= 11 is 0. The Morgan fingerprint density at radius 2 is 1.64 bits per heavy atom. The van der Waals surface area contributed by atoms with Gasteiger partial charge in [-0.15, -0.1) is 0 Å². The third-order valence-electron chi connectivity index (χ3n) is 3.17. The van der Waals surface area contributed by atoms with Gasteiger partial charge in [0.15, 0.2) is 0 Å². The molecule has 0 radical (unpaired) electrons. The molecule has 0 aliphatic heterocycles. The van der Waals surface area contributed by atoms with E-state index < -0.39 is 10.0 Å². The number of nitrogens with zero attached hydrogens (tertiary/aromatic N) is 1. The van der Waals surface area contributed by atoms with Crippen LogP contribution in [0.2, 0.25) is 0 Å². The van der Waals surface area contributed by atoms with Gasteiger partial charge in [-0.25, -0.2) is 0 Å². The molecule has 5 nitrogen and oxygen atoms in total. The molecule has 6 heteroatoms. The number of ether oxygens (including phenoxy) is 1. The number of aryl methyl sites for hydroxylation is 1. The maximum atomic E-state index is 12.1. The predicted octanol–water partition coefficient (Wildman–Crippen LogP) is 2.71. The Morgan fingerprint density at radius 1 is 1.05 bits per heavy atom. The van der Waals surface area contributed by atoms with Crippen LogP contribution in [-0.4, -0.2) is 21.2 Å². The number of sulfonamides is 1. The molecule has 2 aromatic rings. The van der Waals surface area contributed by atoms with E-state index in [9.17, 15) is 8.42 Å². The molecule has 0 unspecified atom stereocenters. The number of hydrazone groups is 1. The Morgan fingerprint density at radius 3 is 2.18 bits per heavy atom. The van der Waals surface area contributed by atoms with Crippen molar-refractivity contribution in [2.24, 2.45) is 5.10 Å². The topological polar surface area (TPSA) is 67.8 Å². The van der Waals surface area contributed by atoms with Crippen LogP contribution in [-0.2, 0) is 10.0 Å². The predicted molar refractivity (Wildman–Crippen MR) is 86.7 cm³/mol. The minimum absolute atomic E-state index is 0.185. The first-order valence-electron chi connectivity index (χ1n) is 6.69. The number of rotatable bonds is 5. The van der Waals surface area contributed by atoms with Crippen LogP contribution in [0.25, 0.3) is 0 Å². The van der Waals surface area contributed by atoms with Crippen molar-refractivity contribution < 1.29 is 13.2 Å². The third kappa shape index (κ3) is 3.85. The highest BCUT2D eigenvalue weighted by molar-refractivity contribution is 7.89. The van der Waals surface area contributed by atoms with Crippen molar-refractivity contribution in [1.29, 1.82) is 0 Å². The van der Waals surface area contributed by atoms with Crippen LogP contribution >= 0.6 is 0 Å². The van der Waals surface area contributed by atoms with Gasteiger partial charge in [-0.05, 0) is 55.8 Å². The number of nitrogens with one attached hydrogen (secondary N) is 1. The zero-order chi connectivity index (χ0) is 16.2. The lowest BCUT2D eigenvalue weighted by Gasteiger charge is -2.06. The first kappa shape index (κ1) is 16.0. The SMILES string of the molecule is COc1ccc(/C(C)=N/NS(=O)(=O)c2ccc(C)cc2)cc1. The standard InChI is InChI=1S/C16H18N2O3S/c1-12-4-10-16(11-5-12)22(19,20)18-17-13(2)14-6-8-15(21-3)9-7-14/h4-11,18H,1-3H3/b17-13+. The Kier molecular flexibility index (Phi) is 4.82. The highest BCUT2D eigenvalue weighted by Gasteiger charge is 2.12.